The molecule has 0 bridgehead atoms. The molecule has 21 heavy (non-hydrogen) atoms. The van der Waals surface area contributed by atoms with Crippen molar-refractivity contribution in [3.8, 4) is 0 Å². The summed E-state index contributed by atoms with van der Waals surface area (Å²) >= 11 is 0. The van der Waals surface area contributed by atoms with Crippen LogP contribution in [-0.4, -0.2) is 36.5 Å². The first-order valence-corrected chi connectivity index (χ1v) is 7.08. The molecule has 118 valence electrons. The Morgan fingerprint density at radius 1 is 1.52 bits per heavy atom. The van der Waals surface area contributed by atoms with Crippen molar-refractivity contribution in [3.05, 3.63) is 30.1 Å². The zero-order valence-electron chi connectivity index (χ0n) is 12.2. The predicted octanol–water partition coefficient (Wildman–Crippen LogP) is 2.25. The highest BCUT2D eigenvalue weighted by Crippen LogP contribution is 2.21. The Morgan fingerprint density at radius 2 is 2.29 bits per heavy atom. The van der Waals surface area contributed by atoms with Gasteiger partial charge in [-0.05, 0) is 43.5 Å². The second-order valence-corrected chi connectivity index (χ2v) is 5.55. The molecule has 0 aliphatic carbocycles. The topological polar surface area (TPSA) is 58.4 Å². The van der Waals surface area contributed by atoms with Crippen LogP contribution in [0.5, 0.6) is 0 Å². The number of carbonyl (C=O) groups excluding carboxylic acids is 1. The minimum absolute atomic E-state index is 0. The first kappa shape index (κ1) is 17.9. The zero-order chi connectivity index (χ0) is 14.5. The molecule has 0 radical (unpaired) electrons. The highest BCUT2D eigenvalue weighted by atomic mass is 35.5. The summed E-state index contributed by atoms with van der Waals surface area (Å²) in [5, 5.41) is 2.72. The number of amides is 1. The molecule has 1 aliphatic heterocycles. The van der Waals surface area contributed by atoms with Gasteiger partial charge in [-0.2, -0.15) is 0 Å². The molecule has 0 spiro atoms. The average molecular weight is 316 g/mol. The highest BCUT2D eigenvalue weighted by molar-refractivity contribution is 5.92. The van der Waals surface area contributed by atoms with Crippen molar-refractivity contribution in [1.82, 2.24) is 4.90 Å². The van der Waals surface area contributed by atoms with Crippen molar-refractivity contribution in [2.45, 2.75) is 25.8 Å². The maximum Gasteiger partial charge on any atom is 0.238 e. The highest BCUT2D eigenvalue weighted by Gasteiger charge is 2.26. The van der Waals surface area contributed by atoms with Gasteiger partial charge in [-0.1, -0.05) is 13.0 Å². The fourth-order valence-electron chi connectivity index (χ4n) is 2.70. The molecule has 1 aromatic rings. The van der Waals surface area contributed by atoms with Crippen molar-refractivity contribution >= 4 is 24.0 Å². The number of rotatable bonds is 4. The summed E-state index contributed by atoms with van der Waals surface area (Å²) in [6, 6.07) is 6.19. The number of nitrogens with zero attached hydrogens (tertiary/aromatic N) is 1. The van der Waals surface area contributed by atoms with E-state index in [1.54, 1.807) is 12.1 Å². The number of likely N-dealkylation sites (tertiary alicyclic amines) is 1. The van der Waals surface area contributed by atoms with E-state index >= 15 is 0 Å². The molecule has 6 heteroatoms. The van der Waals surface area contributed by atoms with Gasteiger partial charge in [0.15, 0.2) is 0 Å². The van der Waals surface area contributed by atoms with Gasteiger partial charge in [0, 0.05) is 18.3 Å². The normalized spacial score (nSPS) is 22.4. The first-order valence-electron chi connectivity index (χ1n) is 7.08. The number of nitrogens with two attached hydrogens (primary N) is 1. The number of halogens is 2. The van der Waals surface area contributed by atoms with E-state index < -0.39 is 0 Å². The van der Waals surface area contributed by atoms with E-state index in [2.05, 4.69) is 17.1 Å². The summed E-state index contributed by atoms with van der Waals surface area (Å²) in [5.74, 6) is 0.184. The lowest BCUT2D eigenvalue weighted by atomic mass is 9.92. The van der Waals surface area contributed by atoms with E-state index in [0.29, 0.717) is 24.7 Å². The molecule has 0 aromatic heterocycles. The van der Waals surface area contributed by atoms with Crippen LogP contribution < -0.4 is 11.1 Å². The molecule has 0 saturated carbocycles. The fraction of sp³-hybridized carbons (Fsp3) is 0.533. The quantitative estimate of drug-likeness (QED) is 0.896. The number of piperidine rings is 1. The van der Waals surface area contributed by atoms with Gasteiger partial charge in [-0.25, -0.2) is 4.39 Å². The molecule has 1 aromatic carbocycles. The Morgan fingerprint density at radius 3 is 2.95 bits per heavy atom. The van der Waals surface area contributed by atoms with Crippen LogP contribution in [0.2, 0.25) is 0 Å². The second-order valence-electron chi connectivity index (χ2n) is 5.55. The molecular weight excluding hydrogens is 293 g/mol. The number of anilines is 1. The molecule has 1 amide bonds. The van der Waals surface area contributed by atoms with Crippen LogP contribution in [0.3, 0.4) is 0 Å². The van der Waals surface area contributed by atoms with Crippen LogP contribution in [0.4, 0.5) is 10.1 Å². The summed E-state index contributed by atoms with van der Waals surface area (Å²) in [4.78, 5) is 14.1. The van der Waals surface area contributed by atoms with Gasteiger partial charge in [0.1, 0.15) is 5.82 Å². The smallest absolute Gasteiger partial charge is 0.238 e. The number of carbonyl (C=O) groups is 1. The standard InChI is InChI=1S/C15H22FN3O.ClH/c1-11-5-6-19(14(7-11)9-17)10-15(20)18-13-4-2-3-12(16)8-13;/h2-4,8,11,14H,5-7,9-10,17H2,1H3,(H,18,20);1H. The van der Waals surface area contributed by atoms with Gasteiger partial charge in [0.2, 0.25) is 5.91 Å². The van der Waals surface area contributed by atoms with E-state index in [9.17, 15) is 9.18 Å². The van der Waals surface area contributed by atoms with Gasteiger partial charge in [0.25, 0.3) is 0 Å². The molecule has 1 heterocycles. The van der Waals surface area contributed by atoms with E-state index in [4.69, 9.17) is 5.73 Å². The van der Waals surface area contributed by atoms with Gasteiger partial charge >= 0.3 is 0 Å². The lowest BCUT2D eigenvalue weighted by molar-refractivity contribution is -0.118. The zero-order valence-corrected chi connectivity index (χ0v) is 13.0. The Bertz CT molecular complexity index is 472. The summed E-state index contributed by atoms with van der Waals surface area (Å²) < 4.78 is 13.1. The minimum atomic E-state index is -0.352. The fourth-order valence-corrected chi connectivity index (χ4v) is 2.70. The van der Waals surface area contributed by atoms with E-state index in [1.165, 1.54) is 12.1 Å². The van der Waals surface area contributed by atoms with E-state index in [1.807, 2.05) is 0 Å². The van der Waals surface area contributed by atoms with Gasteiger partial charge in [0.05, 0.1) is 6.54 Å². The van der Waals surface area contributed by atoms with Crippen LogP contribution >= 0.6 is 12.4 Å². The van der Waals surface area contributed by atoms with Crippen LogP contribution in [0.25, 0.3) is 0 Å². The van der Waals surface area contributed by atoms with Crippen LogP contribution in [0.15, 0.2) is 24.3 Å². The number of hydrogen-bond acceptors (Lipinski definition) is 3. The van der Waals surface area contributed by atoms with Gasteiger partial charge < -0.3 is 11.1 Å². The van der Waals surface area contributed by atoms with Crippen LogP contribution in [0, 0.1) is 11.7 Å². The van der Waals surface area contributed by atoms with E-state index in [0.717, 1.165) is 19.4 Å². The van der Waals surface area contributed by atoms with Crippen molar-refractivity contribution in [3.63, 3.8) is 0 Å². The summed E-state index contributed by atoms with van der Waals surface area (Å²) in [7, 11) is 0. The Labute approximate surface area is 131 Å². The van der Waals surface area contributed by atoms with E-state index in [-0.39, 0.29) is 30.2 Å². The molecule has 2 unspecified atom stereocenters. The largest absolute Gasteiger partial charge is 0.329 e. The third kappa shape index (κ3) is 5.26. The summed E-state index contributed by atoms with van der Waals surface area (Å²) in [6.07, 6.45) is 2.12. The molecular formula is C15H23ClFN3O. The van der Waals surface area contributed by atoms with Crippen molar-refractivity contribution in [2.75, 3.05) is 25.0 Å². The minimum Gasteiger partial charge on any atom is -0.329 e. The molecule has 1 aliphatic rings. The Kier molecular flexibility index (Phi) is 7.08. The maximum atomic E-state index is 13.1. The molecule has 1 fully saturated rings. The molecule has 4 nitrogen and oxygen atoms in total. The second kappa shape index (κ2) is 8.32. The number of benzene rings is 1. The van der Waals surface area contributed by atoms with Crippen LogP contribution in [0.1, 0.15) is 19.8 Å². The number of nitrogens with one attached hydrogen (secondary N) is 1. The third-order valence-electron chi connectivity index (χ3n) is 3.83. The third-order valence-corrected chi connectivity index (χ3v) is 3.83. The molecule has 2 rings (SSSR count). The van der Waals surface area contributed by atoms with Crippen molar-refractivity contribution < 1.29 is 9.18 Å². The predicted molar refractivity (Wildman–Crippen MR) is 85.1 cm³/mol. The monoisotopic (exact) mass is 315 g/mol. The van der Waals surface area contributed by atoms with Crippen LogP contribution in [-0.2, 0) is 4.79 Å². The molecule has 2 atom stereocenters. The SMILES string of the molecule is CC1CCN(CC(=O)Nc2cccc(F)c2)C(CN)C1.Cl. The Balaban J connectivity index is 0.00000220. The van der Waals surface area contributed by atoms with Gasteiger partial charge in [-0.15, -0.1) is 12.4 Å². The van der Waals surface area contributed by atoms with Crippen molar-refractivity contribution in [1.29, 1.82) is 0 Å². The van der Waals surface area contributed by atoms with Crippen molar-refractivity contribution in [2.24, 2.45) is 11.7 Å². The first-order chi connectivity index (χ1) is 9.58. The molecule has 3 N–H and O–H groups in total. The maximum absolute atomic E-state index is 13.1. The Hall–Kier alpha value is -1.17. The lowest BCUT2D eigenvalue weighted by Gasteiger charge is -2.37. The molecule has 1 saturated heterocycles. The van der Waals surface area contributed by atoms with Gasteiger partial charge in [-0.3, -0.25) is 9.69 Å². The summed E-state index contributed by atoms with van der Waals surface area (Å²) in [6.45, 7) is 3.98. The summed E-state index contributed by atoms with van der Waals surface area (Å²) in [5.41, 5.74) is 6.27. The number of hydrogen-bond donors (Lipinski definition) is 2. The lowest BCUT2D eigenvalue weighted by Crippen LogP contribution is -2.49. The average Bonchev–Trinajstić information content (AvgIpc) is 2.40.